The second-order valence-corrected chi connectivity index (χ2v) is 5.39. The van der Waals surface area contributed by atoms with Crippen LogP contribution in [0.3, 0.4) is 0 Å². The van der Waals surface area contributed by atoms with Crippen molar-refractivity contribution in [2.24, 2.45) is 0 Å². The standard InChI is InChI=1S/C14H19N5O3/c1-8(2)19-12(5-9(3)17-19)16-13(20)10(4)18-7-11(6-15-18)14(21)22/h5-8,10H,1-4H3,(H,16,20)(H,21,22). The zero-order valence-electron chi connectivity index (χ0n) is 12.9. The number of nitrogens with one attached hydrogen (secondary N) is 1. The fraction of sp³-hybridized carbons (Fsp3) is 0.429. The Kier molecular flexibility index (Phi) is 4.30. The molecule has 2 heterocycles. The highest BCUT2D eigenvalue weighted by molar-refractivity contribution is 5.93. The zero-order valence-corrected chi connectivity index (χ0v) is 12.9. The van der Waals surface area contributed by atoms with Crippen LogP contribution >= 0.6 is 0 Å². The third kappa shape index (κ3) is 3.16. The predicted molar refractivity (Wildman–Crippen MR) is 79.9 cm³/mol. The summed E-state index contributed by atoms with van der Waals surface area (Å²) >= 11 is 0. The number of aromatic carboxylic acids is 1. The lowest BCUT2D eigenvalue weighted by atomic mass is 10.3. The summed E-state index contributed by atoms with van der Waals surface area (Å²) in [7, 11) is 0. The lowest BCUT2D eigenvalue weighted by Crippen LogP contribution is -2.25. The first-order valence-electron chi connectivity index (χ1n) is 6.94. The molecule has 1 atom stereocenters. The van der Waals surface area contributed by atoms with Crippen molar-refractivity contribution in [1.82, 2.24) is 19.6 Å². The Bertz CT molecular complexity index is 701. The predicted octanol–water partition coefficient (Wildman–Crippen LogP) is 1.87. The van der Waals surface area contributed by atoms with Gasteiger partial charge in [0.15, 0.2) is 0 Å². The van der Waals surface area contributed by atoms with E-state index in [1.54, 1.807) is 17.7 Å². The maximum Gasteiger partial charge on any atom is 0.338 e. The molecule has 1 unspecified atom stereocenters. The van der Waals surface area contributed by atoms with Crippen molar-refractivity contribution in [2.75, 3.05) is 5.32 Å². The molecule has 0 bridgehead atoms. The third-order valence-corrected chi connectivity index (χ3v) is 3.22. The molecule has 0 fully saturated rings. The first-order valence-corrected chi connectivity index (χ1v) is 6.94. The molecule has 0 aliphatic carbocycles. The first kappa shape index (κ1) is 15.7. The second-order valence-electron chi connectivity index (χ2n) is 5.39. The van der Waals surface area contributed by atoms with Gasteiger partial charge >= 0.3 is 5.97 Å². The minimum absolute atomic E-state index is 0.0442. The van der Waals surface area contributed by atoms with E-state index in [1.807, 2.05) is 20.8 Å². The molecule has 0 aliphatic heterocycles. The molecule has 22 heavy (non-hydrogen) atoms. The maximum absolute atomic E-state index is 12.3. The van der Waals surface area contributed by atoms with Gasteiger partial charge in [0.2, 0.25) is 5.91 Å². The van der Waals surface area contributed by atoms with Crippen LogP contribution in [-0.2, 0) is 4.79 Å². The fourth-order valence-corrected chi connectivity index (χ4v) is 2.01. The Labute approximate surface area is 127 Å². The molecular formula is C14H19N5O3. The van der Waals surface area contributed by atoms with Crippen molar-refractivity contribution < 1.29 is 14.7 Å². The van der Waals surface area contributed by atoms with E-state index in [0.29, 0.717) is 5.82 Å². The maximum atomic E-state index is 12.3. The number of nitrogens with zero attached hydrogens (tertiary/aromatic N) is 4. The molecule has 0 saturated carbocycles. The summed E-state index contributed by atoms with van der Waals surface area (Å²) < 4.78 is 3.05. The molecule has 0 saturated heterocycles. The Morgan fingerprint density at radius 1 is 1.32 bits per heavy atom. The number of hydrogen-bond donors (Lipinski definition) is 2. The van der Waals surface area contributed by atoms with Gasteiger partial charge in [0.05, 0.1) is 17.5 Å². The minimum Gasteiger partial charge on any atom is -0.478 e. The number of aryl methyl sites for hydroxylation is 1. The van der Waals surface area contributed by atoms with Crippen LogP contribution in [0.2, 0.25) is 0 Å². The molecule has 0 spiro atoms. The van der Waals surface area contributed by atoms with Crippen LogP contribution in [-0.4, -0.2) is 36.5 Å². The molecule has 118 valence electrons. The summed E-state index contributed by atoms with van der Waals surface area (Å²) in [4.78, 5) is 23.2. The van der Waals surface area contributed by atoms with Crippen molar-refractivity contribution in [3.05, 3.63) is 29.7 Å². The van der Waals surface area contributed by atoms with E-state index < -0.39 is 12.0 Å². The molecule has 2 N–H and O–H groups in total. The van der Waals surface area contributed by atoms with E-state index in [9.17, 15) is 9.59 Å². The van der Waals surface area contributed by atoms with E-state index in [0.717, 1.165) is 5.69 Å². The van der Waals surface area contributed by atoms with Gasteiger partial charge in [-0.3, -0.25) is 9.48 Å². The highest BCUT2D eigenvalue weighted by atomic mass is 16.4. The summed E-state index contributed by atoms with van der Waals surface area (Å²) in [5.74, 6) is -0.760. The van der Waals surface area contributed by atoms with E-state index in [4.69, 9.17) is 5.11 Å². The molecule has 0 aromatic carbocycles. The Morgan fingerprint density at radius 3 is 2.55 bits per heavy atom. The van der Waals surface area contributed by atoms with E-state index >= 15 is 0 Å². The Morgan fingerprint density at radius 2 is 2.00 bits per heavy atom. The molecule has 2 aromatic heterocycles. The van der Waals surface area contributed by atoms with Crippen molar-refractivity contribution >= 4 is 17.7 Å². The van der Waals surface area contributed by atoms with Crippen LogP contribution in [0.25, 0.3) is 0 Å². The van der Waals surface area contributed by atoms with Gasteiger partial charge in [-0.2, -0.15) is 10.2 Å². The van der Waals surface area contributed by atoms with Gasteiger partial charge in [-0.15, -0.1) is 0 Å². The van der Waals surface area contributed by atoms with Gasteiger partial charge in [-0.1, -0.05) is 0 Å². The number of carboxylic acid groups (broad SMARTS) is 1. The summed E-state index contributed by atoms with van der Waals surface area (Å²) in [6.45, 7) is 7.44. The number of aromatic nitrogens is 4. The number of carbonyl (C=O) groups excluding carboxylic acids is 1. The van der Waals surface area contributed by atoms with Gasteiger partial charge < -0.3 is 10.4 Å². The minimum atomic E-state index is -1.08. The highest BCUT2D eigenvalue weighted by Crippen LogP contribution is 2.18. The van der Waals surface area contributed by atoms with Crippen LogP contribution in [0.1, 0.15) is 48.9 Å². The van der Waals surface area contributed by atoms with Crippen LogP contribution in [0.15, 0.2) is 18.5 Å². The summed E-state index contributed by atoms with van der Waals surface area (Å²) in [6, 6.07) is 1.27. The molecule has 8 heteroatoms. The van der Waals surface area contributed by atoms with Crippen LogP contribution in [0.4, 0.5) is 5.82 Å². The van der Waals surface area contributed by atoms with Crippen LogP contribution in [0.5, 0.6) is 0 Å². The SMILES string of the molecule is Cc1cc(NC(=O)C(C)n2cc(C(=O)O)cn2)n(C(C)C)n1. The number of carbonyl (C=O) groups is 2. The van der Waals surface area contributed by atoms with Gasteiger partial charge in [0, 0.05) is 18.3 Å². The second kappa shape index (κ2) is 6.00. The molecule has 1 amide bonds. The van der Waals surface area contributed by atoms with Crippen molar-refractivity contribution in [3.8, 4) is 0 Å². The van der Waals surface area contributed by atoms with Crippen molar-refractivity contribution in [2.45, 2.75) is 39.8 Å². The normalized spacial score (nSPS) is 12.4. The van der Waals surface area contributed by atoms with E-state index in [-0.39, 0.29) is 17.5 Å². The number of hydrogen-bond acceptors (Lipinski definition) is 4. The smallest absolute Gasteiger partial charge is 0.338 e. The molecule has 8 nitrogen and oxygen atoms in total. The molecule has 0 radical (unpaired) electrons. The number of amides is 1. The monoisotopic (exact) mass is 305 g/mol. The molecular weight excluding hydrogens is 286 g/mol. The summed E-state index contributed by atoms with van der Waals surface area (Å²) in [5, 5.41) is 19.9. The van der Waals surface area contributed by atoms with E-state index in [2.05, 4.69) is 15.5 Å². The van der Waals surface area contributed by atoms with Gasteiger partial charge in [-0.25, -0.2) is 9.48 Å². The molecule has 0 aliphatic rings. The van der Waals surface area contributed by atoms with E-state index in [1.165, 1.54) is 17.1 Å². The fourth-order valence-electron chi connectivity index (χ4n) is 2.01. The summed E-state index contributed by atoms with van der Waals surface area (Å²) in [5.41, 5.74) is 0.853. The van der Waals surface area contributed by atoms with Gasteiger partial charge in [0.25, 0.3) is 0 Å². The van der Waals surface area contributed by atoms with Gasteiger partial charge in [0.1, 0.15) is 11.9 Å². The average Bonchev–Trinajstić information content (AvgIpc) is 3.04. The average molecular weight is 305 g/mol. The Hall–Kier alpha value is -2.64. The number of carboxylic acids is 1. The topological polar surface area (TPSA) is 102 Å². The van der Waals surface area contributed by atoms with Crippen LogP contribution < -0.4 is 5.32 Å². The lowest BCUT2D eigenvalue weighted by molar-refractivity contribution is -0.119. The third-order valence-electron chi connectivity index (χ3n) is 3.22. The molecule has 2 rings (SSSR count). The number of rotatable bonds is 5. The summed E-state index contributed by atoms with van der Waals surface area (Å²) in [6.07, 6.45) is 2.55. The quantitative estimate of drug-likeness (QED) is 0.878. The molecule has 2 aromatic rings. The zero-order chi connectivity index (χ0) is 16.4. The van der Waals surface area contributed by atoms with Crippen LogP contribution in [0, 0.1) is 6.92 Å². The van der Waals surface area contributed by atoms with Crippen molar-refractivity contribution in [1.29, 1.82) is 0 Å². The number of anilines is 1. The lowest BCUT2D eigenvalue weighted by Gasteiger charge is -2.15. The first-order chi connectivity index (χ1) is 10.3. The van der Waals surface area contributed by atoms with Gasteiger partial charge in [-0.05, 0) is 27.7 Å². The Balaban J connectivity index is 2.16. The largest absolute Gasteiger partial charge is 0.478 e. The van der Waals surface area contributed by atoms with Crippen molar-refractivity contribution in [3.63, 3.8) is 0 Å². The highest BCUT2D eigenvalue weighted by Gasteiger charge is 2.20.